The smallest absolute Gasteiger partial charge is 0.164 e. The Kier molecular flexibility index (Phi) is 5.86. The minimum atomic E-state index is 0.335. The van der Waals surface area contributed by atoms with Crippen LogP contribution in [0, 0.1) is 13.8 Å². The molecule has 4 rings (SSSR count). The van der Waals surface area contributed by atoms with Crippen LogP contribution >= 0.6 is 0 Å². The molecule has 1 saturated heterocycles. The number of anilines is 1. The van der Waals surface area contributed by atoms with Gasteiger partial charge >= 0.3 is 0 Å². The van der Waals surface area contributed by atoms with Crippen molar-refractivity contribution in [3.05, 3.63) is 52.8 Å². The molecular formula is C24H33N3O. The monoisotopic (exact) mass is 379 g/mol. The minimum Gasteiger partial charge on any atom is -0.369 e. The van der Waals surface area contributed by atoms with Crippen molar-refractivity contribution >= 4 is 11.5 Å². The van der Waals surface area contributed by atoms with E-state index in [0.717, 1.165) is 57.5 Å². The normalized spacial score (nSPS) is 17.8. The van der Waals surface area contributed by atoms with E-state index in [1.807, 2.05) is 6.07 Å². The Morgan fingerprint density at radius 1 is 0.929 bits per heavy atom. The summed E-state index contributed by atoms with van der Waals surface area (Å²) in [7, 11) is 0. The summed E-state index contributed by atoms with van der Waals surface area (Å²) in [5.41, 5.74) is 6.47. The zero-order valence-corrected chi connectivity index (χ0v) is 17.4. The number of ketones is 1. The number of carbonyl (C=O) groups excluding carboxylic acids is 1. The third-order valence-corrected chi connectivity index (χ3v) is 6.61. The van der Waals surface area contributed by atoms with Crippen molar-refractivity contribution in [2.75, 3.05) is 37.6 Å². The van der Waals surface area contributed by atoms with Crippen LogP contribution in [-0.2, 0) is 13.0 Å². The molecule has 0 bridgehead atoms. The molecule has 150 valence electrons. The SMILES string of the molecule is Cc1cccc(N2CCN(CCCCn3ccc4c3CCCC4=O)CC2)c1C. The Bertz CT molecular complexity index is 830. The van der Waals surface area contributed by atoms with Gasteiger partial charge in [0.25, 0.3) is 0 Å². The summed E-state index contributed by atoms with van der Waals surface area (Å²) < 4.78 is 2.32. The first kappa shape index (κ1) is 19.3. The molecule has 1 aromatic carbocycles. The predicted octanol–water partition coefficient (Wildman–Crippen LogP) is 4.23. The second kappa shape index (κ2) is 8.52. The van der Waals surface area contributed by atoms with Crippen molar-refractivity contribution in [3.63, 3.8) is 0 Å². The standard InChI is InChI=1S/C24H33N3O/c1-19-7-5-8-22(20(19)2)27-17-15-25(16-18-27)12-3-4-13-26-14-11-21-23(26)9-6-10-24(21)28/h5,7-8,11,14H,3-4,6,9-10,12-13,15-18H2,1-2H3. The summed E-state index contributed by atoms with van der Waals surface area (Å²) in [6.45, 7) is 11.2. The maximum atomic E-state index is 12.0. The summed E-state index contributed by atoms with van der Waals surface area (Å²) >= 11 is 0. The Labute approximate surface area is 169 Å². The van der Waals surface area contributed by atoms with Gasteiger partial charge in [-0.3, -0.25) is 9.69 Å². The molecule has 0 spiro atoms. The number of carbonyl (C=O) groups is 1. The molecule has 0 amide bonds. The number of aromatic nitrogens is 1. The lowest BCUT2D eigenvalue weighted by atomic mass is 9.97. The van der Waals surface area contributed by atoms with Gasteiger partial charge in [-0.1, -0.05) is 12.1 Å². The van der Waals surface area contributed by atoms with Gasteiger partial charge < -0.3 is 9.47 Å². The molecule has 0 atom stereocenters. The lowest BCUT2D eigenvalue weighted by Crippen LogP contribution is -2.46. The zero-order valence-electron chi connectivity index (χ0n) is 17.4. The summed E-state index contributed by atoms with van der Waals surface area (Å²) in [4.78, 5) is 17.1. The Balaban J connectivity index is 1.21. The van der Waals surface area contributed by atoms with Crippen LogP contribution in [0.15, 0.2) is 30.5 Å². The van der Waals surface area contributed by atoms with Gasteiger partial charge in [-0.2, -0.15) is 0 Å². The minimum absolute atomic E-state index is 0.335. The molecule has 2 heterocycles. The van der Waals surface area contributed by atoms with E-state index in [-0.39, 0.29) is 0 Å². The fraction of sp³-hybridized carbons (Fsp3) is 0.542. The summed E-state index contributed by atoms with van der Waals surface area (Å²) in [5.74, 6) is 0.335. The van der Waals surface area contributed by atoms with Crippen LogP contribution in [0.4, 0.5) is 5.69 Å². The van der Waals surface area contributed by atoms with E-state index in [1.54, 1.807) is 0 Å². The third kappa shape index (κ3) is 4.02. The Morgan fingerprint density at radius 3 is 2.54 bits per heavy atom. The molecule has 28 heavy (non-hydrogen) atoms. The molecule has 2 aromatic rings. The van der Waals surface area contributed by atoms with Crippen molar-refractivity contribution < 1.29 is 4.79 Å². The summed E-state index contributed by atoms with van der Waals surface area (Å²) in [5, 5.41) is 0. The van der Waals surface area contributed by atoms with E-state index in [2.05, 4.69) is 52.6 Å². The highest BCUT2D eigenvalue weighted by Gasteiger charge is 2.21. The quantitative estimate of drug-likeness (QED) is 0.704. The summed E-state index contributed by atoms with van der Waals surface area (Å²) in [6.07, 6.45) is 7.34. The van der Waals surface area contributed by atoms with Gasteiger partial charge in [0, 0.05) is 62.3 Å². The molecule has 1 aliphatic heterocycles. The number of fused-ring (bicyclic) bond motifs is 1. The van der Waals surface area contributed by atoms with E-state index < -0.39 is 0 Å². The number of aryl methyl sites for hydroxylation is 2. The zero-order chi connectivity index (χ0) is 19.5. The Hall–Kier alpha value is -2.07. The van der Waals surface area contributed by atoms with Crippen molar-refractivity contribution in [2.45, 2.75) is 52.5 Å². The van der Waals surface area contributed by atoms with E-state index in [4.69, 9.17) is 0 Å². The van der Waals surface area contributed by atoms with Crippen LogP contribution in [0.25, 0.3) is 0 Å². The highest BCUT2D eigenvalue weighted by atomic mass is 16.1. The maximum absolute atomic E-state index is 12.0. The summed E-state index contributed by atoms with van der Waals surface area (Å²) in [6, 6.07) is 8.67. The number of hydrogen-bond donors (Lipinski definition) is 0. The van der Waals surface area contributed by atoms with Gasteiger partial charge in [0.2, 0.25) is 0 Å². The van der Waals surface area contributed by atoms with Crippen LogP contribution in [0.3, 0.4) is 0 Å². The van der Waals surface area contributed by atoms with E-state index in [1.165, 1.54) is 41.9 Å². The number of nitrogens with zero attached hydrogens (tertiary/aromatic N) is 3. The molecule has 4 heteroatoms. The molecule has 0 N–H and O–H groups in total. The highest BCUT2D eigenvalue weighted by molar-refractivity contribution is 5.98. The van der Waals surface area contributed by atoms with Crippen LogP contribution in [0.1, 0.15) is 52.9 Å². The van der Waals surface area contributed by atoms with E-state index in [9.17, 15) is 4.79 Å². The largest absolute Gasteiger partial charge is 0.369 e. The number of hydrogen-bond acceptors (Lipinski definition) is 3. The molecule has 1 fully saturated rings. The van der Waals surface area contributed by atoms with Gasteiger partial charge in [-0.15, -0.1) is 0 Å². The molecule has 1 aromatic heterocycles. The van der Waals surface area contributed by atoms with Crippen molar-refractivity contribution in [2.24, 2.45) is 0 Å². The number of piperazine rings is 1. The second-order valence-electron chi connectivity index (χ2n) is 8.40. The molecule has 4 nitrogen and oxygen atoms in total. The number of Topliss-reactive ketones (excluding diaryl/α,β-unsaturated/α-hetero) is 1. The highest BCUT2D eigenvalue weighted by Crippen LogP contribution is 2.24. The van der Waals surface area contributed by atoms with Crippen molar-refractivity contribution in [1.82, 2.24) is 9.47 Å². The van der Waals surface area contributed by atoms with Crippen LogP contribution in [-0.4, -0.2) is 48.0 Å². The van der Waals surface area contributed by atoms with Gasteiger partial charge in [-0.25, -0.2) is 0 Å². The number of rotatable bonds is 6. The van der Waals surface area contributed by atoms with Gasteiger partial charge in [-0.05, 0) is 69.3 Å². The third-order valence-electron chi connectivity index (χ3n) is 6.61. The average Bonchev–Trinajstić information content (AvgIpc) is 3.12. The lowest BCUT2D eigenvalue weighted by molar-refractivity contribution is 0.0971. The topological polar surface area (TPSA) is 28.5 Å². The molecule has 0 radical (unpaired) electrons. The first-order valence-corrected chi connectivity index (χ1v) is 10.9. The molecular weight excluding hydrogens is 346 g/mol. The average molecular weight is 380 g/mol. The van der Waals surface area contributed by atoms with E-state index >= 15 is 0 Å². The molecule has 1 aliphatic carbocycles. The maximum Gasteiger partial charge on any atom is 0.164 e. The van der Waals surface area contributed by atoms with Crippen molar-refractivity contribution in [1.29, 1.82) is 0 Å². The fourth-order valence-electron chi connectivity index (χ4n) is 4.71. The fourth-order valence-corrected chi connectivity index (χ4v) is 4.71. The molecule has 0 saturated carbocycles. The first-order valence-electron chi connectivity index (χ1n) is 10.9. The van der Waals surface area contributed by atoms with Crippen LogP contribution < -0.4 is 4.90 Å². The van der Waals surface area contributed by atoms with Crippen molar-refractivity contribution in [3.8, 4) is 0 Å². The molecule has 0 unspecified atom stereocenters. The Morgan fingerprint density at radius 2 is 1.71 bits per heavy atom. The number of unbranched alkanes of at least 4 members (excludes halogenated alkanes) is 1. The number of benzene rings is 1. The van der Waals surface area contributed by atoms with Crippen LogP contribution in [0.5, 0.6) is 0 Å². The van der Waals surface area contributed by atoms with E-state index in [0.29, 0.717) is 5.78 Å². The van der Waals surface area contributed by atoms with Gasteiger partial charge in [0.15, 0.2) is 5.78 Å². The van der Waals surface area contributed by atoms with Gasteiger partial charge in [0.1, 0.15) is 0 Å². The van der Waals surface area contributed by atoms with Gasteiger partial charge in [0.05, 0.1) is 0 Å². The molecule has 2 aliphatic rings. The lowest BCUT2D eigenvalue weighted by Gasteiger charge is -2.37. The second-order valence-corrected chi connectivity index (χ2v) is 8.40. The first-order chi connectivity index (χ1) is 13.6. The predicted molar refractivity (Wildman–Crippen MR) is 116 cm³/mol. The van der Waals surface area contributed by atoms with Crippen LogP contribution in [0.2, 0.25) is 0 Å².